The first kappa shape index (κ1) is 11.4. The first-order valence-electron chi connectivity index (χ1n) is 5.51. The van der Waals surface area contributed by atoms with Gasteiger partial charge in [-0.3, -0.25) is 11.3 Å². The first-order chi connectivity index (χ1) is 7.29. The Morgan fingerprint density at radius 3 is 2.87 bits per heavy atom. The van der Waals surface area contributed by atoms with Crippen LogP contribution in [0.3, 0.4) is 0 Å². The number of hydrazine groups is 1. The summed E-state index contributed by atoms with van der Waals surface area (Å²) in [5.41, 5.74) is 4.24. The van der Waals surface area contributed by atoms with E-state index in [0.717, 1.165) is 12.3 Å². The summed E-state index contributed by atoms with van der Waals surface area (Å²) in [6.07, 6.45) is 5.30. The monoisotopic (exact) mass is 316 g/mol. The van der Waals surface area contributed by atoms with Crippen LogP contribution in [0.4, 0.5) is 0 Å². The molecule has 1 fully saturated rings. The molecule has 0 amide bonds. The second kappa shape index (κ2) is 5.27. The minimum atomic E-state index is 0.320. The average Bonchev–Trinajstić information content (AvgIpc) is 3.03. The second-order valence-electron chi connectivity index (χ2n) is 4.29. The predicted molar refractivity (Wildman–Crippen MR) is 71.2 cm³/mol. The minimum absolute atomic E-state index is 0.320. The highest BCUT2D eigenvalue weighted by Gasteiger charge is 2.22. The molecule has 3 heteroatoms. The number of hydrogen-bond acceptors (Lipinski definition) is 2. The maximum Gasteiger partial charge on any atom is 0.0460 e. The van der Waals surface area contributed by atoms with Crippen LogP contribution in [0.25, 0.3) is 0 Å². The van der Waals surface area contributed by atoms with Crippen molar-refractivity contribution in [1.82, 2.24) is 5.43 Å². The first-order valence-corrected chi connectivity index (χ1v) is 6.59. The van der Waals surface area contributed by atoms with E-state index in [1.807, 2.05) is 0 Å². The van der Waals surface area contributed by atoms with Crippen molar-refractivity contribution in [2.45, 2.75) is 31.7 Å². The molecule has 1 saturated carbocycles. The van der Waals surface area contributed by atoms with Gasteiger partial charge in [-0.05, 0) is 59.0 Å². The van der Waals surface area contributed by atoms with Gasteiger partial charge in [0.15, 0.2) is 0 Å². The predicted octanol–water partition coefficient (Wildman–Crippen LogP) is 2.99. The van der Waals surface area contributed by atoms with Gasteiger partial charge in [-0.15, -0.1) is 0 Å². The van der Waals surface area contributed by atoms with E-state index in [-0.39, 0.29) is 0 Å². The zero-order valence-corrected chi connectivity index (χ0v) is 10.9. The number of benzene rings is 1. The summed E-state index contributed by atoms with van der Waals surface area (Å²) in [5, 5.41) is 0. The lowest BCUT2D eigenvalue weighted by molar-refractivity contribution is 0.482. The molecule has 0 aromatic heterocycles. The molecule has 0 saturated heterocycles. The molecule has 3 N–H and O–H groups in total. The lowest BCUT2D eigenvalue weighted by Crippen LogP contribution is -2.28. The largest absolute Gasteiger partial charge is 0.271 e. The molecular formula is C12H17IN2. The van der Waals surface area contributed by atoms with Crippen molar-refractivity contribution in [3.05, 3.63) is 33.4 Å². The molecule has 1 aliphatic carbocycles. The van der Waals surface area contributed by atoms with E-state index in [2.05, 4.69) is 52.3 Å². The van der Waals surface area contributed by atoms with Crippen molar-refractivity contribution in [2.24, 2.45) is 11.8 Å². The van der Waals surface area contributed by atoms with Crippen molar-refractivity contribution in [2.75, 3.05) is 0 Å². The molecule has 2 nitrogen and oxygen atoms in total. The summed E-state index contributed by atoms with van der Waals surface area (Å²) >= 11 is 2.34. The van der Waals surface area contributed by atoms with E-state index in [1.165, 1.54) is 28.4 Å². The maximum atomic E-state index is 5.61. The molecule has 0 spiro atoms. The maximum absolute atomic E-state index is 5.61. The highest BCUT2D eigenvalue weighted by Crippen LogP contribution is 2.35. The Balaban J connectivity index is 1.97. The third-order valence-corrected chi connectivity index (χ3v) is 3.68. The molecule has 0 aliphatic heterocycles. The lowest BCUT2D eigenvalue weighted by atomic mass is 10.0. The zero-order chi connectivity index (χ0) is 10.7. The molecule has 2 rings (SSSR count). The fourth-order valence-corrected chi connectivity index (χ4v) is 2.45. The quantitative estimate of drug-likeness (QED) is 0.498. The molecule has 15 heavy (non-hydrogen) atoms. The van der Waals surface area contributed by atoms with Gasteiger partial charge in [0.2, 0.25) is 0 Å². The summed E-state index contributed by atoms with van der Waals surface area (Å²) < 4.78 is 1.27. The molecule has 1 aliphatic rings. The molecular weight excluding hydrogens is 299 g/mol. The minimum Gasteiger partial charge on any atom is -0.271 e. The van der Waals surface area contributed by atoms with Gasteiger partial charge in [-0.2, -0.15) is 0 Å². The van der Waals surface area contributed by atoms with Gasteiger partial charge in [0, 0.05) is 9.61 Å². The van der Waals surface area contributed by atoms with Crippen LogP contribution < -0.4 is 11.3 Å². The van der Waals surface area contributed by atoms with Crippen molar-refractivity contribution in [3.63, 3.8) is 0 Å². The van der Waals surface area contributed by atoms with Crippen LogP contribution in [0.1, 0.15) is 37.3 Å². The van der Waals surface area contributed by atoms with Crippen molar-refractivity contribution in [3.8, 4) is 0 Å². The summed E-state index contributed by atoms with van der Waals surface area (Å²) in [6.45, 7) is 0. The van der Waals surface area contributed by atoms with Crippen LogP contribution in [-0.4, -0.2) is 0 Å². The summed E-state index contributed by atoms with van der Waals surface area (Å²) in [7, 11) is 0. The van der Waals surface area contributed by atoms with Crippen molar-refractivity contribution < 1.29 is 0 Å². The van der Waals surface area contributed by atoms with Gasteiger partial charge in [0.25, 0.3) is 0 Å². The Labute approximate surface area is 105 Å². The van der Waals surface area contributed by atoms with Crippen LogP contribution in [0.2, 0.25) is 0 Å². The third-order valence-electron chi connectivity index (χ3n) is 3.01. The third kappa shape index (κ3) is 3.43. The molecule has 1 unspecified atom stereocenters. The van der Waals surface area contributed by atoms with Crippen LogP contribution >= 0.6 is 22.6 Å². The summed E-state index contributed by atoms with van der Waals surface area (Å²) in [4.78, 5) is 0. The number of halogens is 1. The molecule has 0 radical (unpaired) electrons. The lowest BCUT2D eigenvalue weighted by Gasteiger charge is -2.16. The Hall–Kier alpha value is -0.130. The number of hydrogen-bond donors (Lipinski definition) is 2. The average molecular weight is 316 g/mol. The topological polar surface area (TPSA) is 38.0 Å². The second-order valence-corrected chi connectivity index (χ2v) is 5.54. The molecule has 1 atom stereocenters. The van der Waals surface area contributed by atoms with Crippen LogP contribution in [0.5, 0.6) is 0 Å². The van der Waals surface area contributed by atoms with Gasteiger partial charge in [0.05, 0.1) is 0 Å². The van der Waals surface area contributed by atoms with E-state index in [9.17, 15) is 0 Å². The van der Waals surface area contributed by atoms with E-state index in [0.29, 0.717) is 6.04 Å². The standard InChI is InChI=1S/C12H17IN2/c13-11-3-1-2-10(8-11)12(15-14)7-6-9-4-5-9/h1-3,8-9,12,15H,4-7,14H2. The van der Waals surface area contributed by atoms with Gasteiger partial charge < -0.3 is 0 Å². The molecule has 1 aromatic carbocycles. The normalized spacial score (nSPS) is 17.7. The van der Waals surface area contributed by atoms with Crippen molar-refractivity contribution in [1.29, 1.82) is 0 Å². The Morgan fingerprint density at radius 2 is 2.27 bits per heavy atom. The molecule has 82 valence electrons. The molecule has 0 bridgehead atoms. The Morgan fingerprint density at radius 1 is 1.47 bits per heavy atom. The molecule has 0 heterocycles. The Bertz CT molecular complexity index is 323. The van der Waals surface area contributed by atoms with Crippen LogP contribution in [0.15, 0.2) is 24.3 Å². The van der Waals surface area contributed by atoms with Gasteiger partial charge >= 0.3 is 0 Å². The van der Waals surface area contributed by atoms with Gasteiger partial charge in [0.1, 0.15) is 0 Å². The fourth-order valence-electron chi connectivity index (χ4n) is 1.88. The number of nitrogens with one attached hydrogen (secondary N) is 1. The van der Waals surface area contributed by atoms with Crippen molar-refractivity contribution >= 4 is 22.6 Å². The number of nitrogens with two attached hydrogens (primary N) is 1. The zero-order valence-electron chi connectivity index (χ0n) is 8.75. The number of rotatable bonds is 5. The smallest absolute Gasteiger partial charge is 0.0460 e. The van der Waals surface area contributed by atoms with Crippen LogP contribution in [-0.2, 0) is 0 Å². The van der Waals surface area contributed by atoms with E-state index in [1.54, 1.807) is 0 Å². The Kier molecular flexibility index (Phi) is 3.99. The van der Waals surface area contributed by atoms with Gasteiger partial charge in [-0.1, -0.05) is 25.0 Å². The highest BCUT2D eigenvalue weighted by molar-refractivity contribution is 14.1. The summed E-state index contributed by atoms with van der Waals surface area (Å²) in [5.74, 6) is 6.58. The SMILES string of the molecule is NNC(CCC1CC1)c1cccc(I)c1. The van der Waals surface area contributed by atoms with E-state index in [4.69, 9.17) is 5.84 Å². The fraction of sp³-hybridized carbons (Fsp3) is 0.500. The summed E-state index contributed by atoms with van der Waals surface area (Å²) in [6, 6.07) is 8.88. The molecule has 1 aromatic rings. The highest BCUT2D eigenvalue weighted by atomic mass is 127. The van der Waals surface area contributed by atoms with Gasteiger partial charge in [-0.25, -0.2) is 0 Å². The van der Waals surface area contributed by atoms with Crippen LogP contribution in [0, 0.1) is 9.49 Å². The van der Waals surface area contributed by atoms with E-state index >= 15 is 0 Å². The van der Waals surface area contributed by atoms with E-state index < -0.39 is 0 Å².